The summed E-state index contributed by atoms with van der Waals surface area (Å²) in [5.74, 6) is -0.865. The first kappa shape index (κ1) is 22.7. The van der Waals surface area contributed by atoms with Gasteiger partial charge in [0.05, 0.1) is 33.8 Å². The molecule has 0 bridgehead atoms. The van der Waals surface area contributed by atoms with Crippen LogP contribution in [-0.2, 0) is 10.3 Å². The molecular formula is C23H17Cl2N5O3. The number of nitrogens with zero attached hydrogens (tertiary/aromatic N) is 4. The van der Waals surface area contributed by atoms with Crippen LogP contribution in [0, 0.1) is 11.3 Å². The van der Waals surface area contributed by atoms with Crippen molar-refractivity contribution < 1.29 is 19.1 Å². The molecule has 0 saturated carbocycles. The van der Waals surface area contributed by atoms with Crippen molar-refractivity contribution in [3.63, 3.8) is 0 Å². The Morgan fingerprint density at radius 3 is 2.76 bits per heavy atom. The van der Waals surface area contributed by atoms with Gasteiger partial charge in [0.25, 0.3) is 11.7 Å². The summed E-state index contributed by atoms with van der Waals surface area (Å²) >= 11 is 12.4. The number of ether oxygens (including phenoxy) is 1. The predicted molar refractivity (Wildman–Crippen MR) is 123 cm³/mol. The number of rotatable bonds is 5. The normalized spacial score (nSPS) is 17.4. The third-order valence-electron chi connectivity index (χ3n) is 5.97. The first-order chi connectivity index (χ1) is 15.8. The van der Waals surface area contributed by atoms with E-state index in [2.05, 4.69) is 15.8 Å². The SMILES string of the molecule is CN(C(=O)c1cc2c(Cl)c(Cl)ccc2[nH]1)C1(c2ccc(C(=O)C=[N+]=[N-])cc2C#N)CCOC1. The number of nitriles is 1. The van der Waals surface area contributed by atoms with Crippen LogP contribution < -0.4 is 0 Å². The zero-order valence-electron chi connectivity index (χ0n) is 17.4. The molecule has 33 heavy (non-hydrogen) atoms. The van der Waals surface area contributed by atoms with Gasteiger partial charge in [0.1, 0.15) is 5.69 Å². The Bertz CT molecular complexity index is 1380. The predicted octanol–water partition coefficient (Wildman–Crippen LogP) is 4.22. The van der Waals surface area contributed by atoms with Crippen molar-refractivity contribution in [3.8, 4) is 6.07 Å². The fourth-order valence-electron chi connectivity index (χ4n) is 4.17. The summed E-state index contributed by atoms with van der Waals surface area (Å²) in [4.78, 5) is 32.9. The van der Waals surface area contributed by atoms with E-state index in [9.17, 15) is 14.9 Å². The van der Waals surface area contributed by atoms with Crippen LogP contribution in [0.15, 0.2) is 36.4 Å². The van der Waals surface area contributed by atoms with E-state index in [4.69, 9.17) is 33.5 Å². The smallest absolute Gasteiger partial charge is 0.328 e. The summed E-state index contributed by atoms with van der Waals surface area (Å²) in [5, 5.41) is 11.2. The third kappa shape index (κ3) is 3.82. The van der Waals surface area contributed by atoms with Gasteiger partial charge in [0, 0.05) is 36.5 Å². The molecule has 1 aliphatic rings. The molecule has 0 aliphatic carbocycles. The van der Waals surface area contributed by atoms with Crippen LogP contribution in [0.4, 0.5) is 0 Å². The highest BCUT2D eigenvalue weighted by Gasteiger charge is 2.45. The number of H-pyrrole nitrogens is 1. The number of aromatic nitrogens is 1. The van der Waals surface area contributed by atoms with Gasteiger partial charge in [-0.25, -0.2) is 0 Å². The summed E-state index contributed by atoms with van der Waals surface area (Å²) in [6.45, 7) is 0.580. The summed E-state index contributed by atoms with van der Waals surface area (Å²) in [7, 11) is 1.65. The number of halogens is 2. The molecule has 1 aliphatic heterocycles. The summed E-state index contributed by atoms with van der Waals surface area (Å²) in [6.07, 6.45) is 1.22. The number of hydrogen-bond donors (Lipinski definition) is 1. The second-order valence-electron chi connectivity index (χ2n) is 7.68. The van der Waals surface area contributed by atoms with Crippen molar-refractivity contribution in [2.75, 3.05) is 20.3 Å². The Hall–Kier alpha value is -3.47. The van der Waals surface area contributed by atoms with Gasteiger partial charge in [0.2, 0.25) is 0 Å². The summed E-state index contributed by atoms with van der Waals surface area (Å²) < 4.78 is 5.66. The van der Waals surface area contributed by atoms with E-state index in [0.29, 0.717) is 45.2 Å². The highest BCUT2D eigenvalue weighted by Crippen LogP contribution is 2.39. The number of carbonyl (C=O) groups is 2. The zero-order chi connectivity index (χ0) is 23.8. The molecule has 2 heterocycles. The monoisotopic (exact) mass is 481 g/mol. The first-order valence-electron chi connectivity index (χ1n) is 9.91. The second kappa shape index (κ2) is 8.81. The molecule has 1 aromatic heterocycles. The maximum Gasteiger partial charge on any atom is 0.328 e. The van der Waals surface area contributed by atoms with Gasteiger partial charge in [-0.3, -0.25) is 9.59 Å². The second-order valence-corrected chi connectivity index (χ2v) is 8.47. The molecule has 2 aromatic carbocycles. The Labute approximate surface area is 198 Å². The molecule has 1 atom stereocenters. The average molecular weight is 482 g/mol. The van der Waals surface area contributed by atoms with E-state index in [1.54, 1.807) is 36.2 Å². The quantitative estimate of drug-likeness (QED) is 0.253. The number of ketones is 1. The third-order valence-corrected chi connectivity index (χ3v) is 6.79. The van der Waals surface area contributed by atoms with Crippen molar-refractivity contribution in [1.82, 2.24) is 9.88 Å². The van der Waals surface area contributed by atoms with Crippen LogP contribution in [0.2, 0.25) is 10.0 Å². The van der Waals surface area contributed by atoms with Crippen LogP contribution in [-0.4, -0.2) is 52.8 Å². The van der Waals surface area contributed by atoms with Gasteiger partial charge in [-0.15, -0.1) is 0 Å². The van der Waals surface area contributed by atoms with Crippen molar-refractivity contribution in [2.24, 2.45) is 0 Å². The lowest BCUT2D eigenvalue weighted by atomic mass is 9.83. The lowest BCUT2D eigenvalue weighted by Crippen LogP contribution is -2.48. The summed E-state index contributed by atoms with van der Waals surface area (Å²) in [6, 6.07) is 11.7. The van der Waals surface area contributed by atoms with Crippen molar-refractivity contribution in [1.29, 1.82) is 5.26 Å². The minimum absolute atomic E-state index is 0.183. The number of likely N-dealkylation sites (N-methyl/N-ethyl adjacent to an activating group) is 1. The van der Waals surface area contributed by atoms with Crippen molar-refractivity contribution >= 4 is 52.0 Å². The van der Waals surface area contributed by atoms with Crippen molar-refractivity contribution in [2.45, 2.75) is 12.0 Å². The molecule has 10 heteroatoms. The van der Waals surface area contributed by atoms with E-state index in [1.807, 2.05) is 0 Å². The molecule has 1 amide bonds. The highest BCUT2D eigenvalue weighted by atomic mass is 35.5. The number of hydrogen-bond acceptors (Lipinski definition) is 4. The van der Waals surface area contributed by atoms with Gasteiger partial charge < -0.3 is 20.2 Å². The molecule has 1 fully saturated rings. The minimum atomic E-state index is -0.923. The molecule has 3 aromatic rings. The number of fused-ring (bicyclic) bond motifs is 1. The number of aromatic amines is 1. The van der Waals surface area contributed by atoms with Gasteiger partial charge in [-0.05, 0) is 29.8 Å². The van der Waals surface area contributed by atoms with Crippen molar-refractivity contribution in [3.05, 3.63) is 74.4 Å². The van der Waals surface area contributed by atoms with Crippen LogP contribution >= 0.6 is 23.2 Å². The number of Topliss-reactive ketones (excluding diaryl/α,β-unsaturated/α-hetero) is 1. The van der Waals surface area contributed by atoms with Crippen LogP contribution in [0.1, 0.15) is 38.4 Å². The lowest BCUT2D eigenvalue weighted by molar-refractivity contribution is 0.00234. The molecule has 0 spiro atoms. The average Bonchev–Trinajstić information content (AvgIpc) is 3.49. The maximum atomic E-state index is 13.5. The Morgan fingerprint density at radius 1 is 1.30 bits per heavy atom. The van der Waals surface area contributed by atoms with E-state index in [1.165, 1.54) is 12.1 Å². The molecule has 4 rings (SSSR count). The first-order valence-corrected chi connectivity index (χ1v) is 10.7. The molecule has 0 radical (unpaired) electrons. The molecule has 1 N–H and O–H groups in total. The van der Waals surface area contributed by atoms with Gasteiger partial charge >= 0.3 is 6.21 Å². The standard InChI is InChI=1S/C23H17Cl2N5O3/c1-30(22(32)19-9-15-18(29-19)5-4-17(24)21(15)25)23(6-7-33-12-23)16-3-2-13(8-14(16)10-26)20(31)11-28-27/h2-5,8-9,11,29H,6-7,12H2,1H3. The van der Waals surface area contributed by atoms with E-state index in [0.717, 1.165) is 6.21 Å². The number of benzene rings is 2. The maximum absolute atomic E-state index is 13.5. The van der Waals surface area contributed by atoms with Gasteiger partial charge in [0.15, 0.2) is 0 Å². The largest absolute Gasteiger partial charge is 0.379 e. The van der Waals surface area contributed by atoms with Crippen LogP contribution in [0.3, 0.4) is 0 Å². The minimum Gasteiger partial charge on any atom is -0.379 e. The molecule has 1 saturated heterocycles. The number of amides is 1. The molecule has 1 unspecified atom stereocenters. The molecule has 166 valence electrons. The van der Waals surface area contributed by atoms with E-state index in [-0.39, 0.29) is 23.6 Å². The Kier molecular flexibility index (Phi) is 6.07. The topological polar surface area (TPSA) is 123 Å². The fraction of sp³-hybridized carbons (Fsp3) is 0.217. The molecular weight excluding hydrogens is 465 g/mol. The van der Waals surface area contributed by atoms with Crippen LogP contribution in [0.5, 0.6) is 0 Å². The highest BCUT2D eigenvalue weighted by molar-refractivity contribution is 6.45. The number of nitrogens with one attached hydrogen (secondary N) is 1. The van der Waals surface area contributed by atoms with E-state index >= 15 is 0 Å². The fourth-order valence-corrected chi connectivity index (χ4v) is 4.55. The lowest BCUT2D eigenvalue weighted by Gasteiger charge is -2.38. The van der Waals surface area contributed by atoms with Gasteiger partial charge in [-0.1, -0.05) is 35.3 Å². The zero-order valence-corrected chi connectivity index (χ0v) is 18.9. The summed E-state index contributed by atoms with van der Waals surface area (Å²) in [5.41, 5.74) is 9.67. The van der Waals surface area contributed by atoms with Gasteiger partial charge in [-0.2, -0.15) is 10.1 Å². The van der Waals surface area contributed by atoms with Crippen LogP contribution in [0.25, 0.3) is 16.4 Å². The number of carbonyl (C=O) groups excluding carboxylic acids is 2. The Balaban J connectivity index is 1.77. The Morgan fingerprint density at radius 2 is 2.09 bits per heavy atom. The van der Waals surface area contributed by atoms with E-state index < -0.39 is 11.3 Å². The molecule has 8 nitrogen and oxygen atoms in total.